The first-order chi connectivity index (χ1) is 13.1. The maximum Gasteiger partial charge on any atom is 0.307 e. The largest absolute Gasteiger partial charge is 0.493 e. The van der Waals surface area contributed by atoms with Gasteiger partial charge in [-0.1, -0.05) is 18.2 Å². The highest BCUT2D eigenvalue weighted by atomic mass is 16.5. The van der Waals surface area contributed by atoms with Gasteiger partial charge in [0.15, 0.2) is 11.5 Å². The van der Waals surface area contributed by atoms with Crippen molar-refractivity contribution in [1.29, 1.82) is 0 Å². The first-order valence-corrected chi connectivity index (χ1v) is 9.21. The van der Waals surface area contributed by atoms with E-state index in [1.54, 1.807) is 20.4 Å². The number of nitrogens with zero attached hydrogens (tertiary/aromatic N) is 2. The molecule has 0 spiro atoms. The van der Waals surface area contributed by atoms with Gasteiger partial charge in [0.25, 0.3) is 0 Å². The first-order valence-electron chi connectivity index (χ1n) is 9.21. The summed E-state index contributed by atoms with van der Waals surface area (Å²) in [7, 11) is 3.26. The van der Waals surface area contributed by atoms with Crippen molar-refractivity contribution < 1.29 is 19.4 Å². The number of carboxylic acids is 1. The Morgan fingerprint density at radius 1 is 1.26 bits per heavy atom. The lowest BCUT2D eigenvalue weighted by Crippen LogP contribution is -2.41. The van der Waals surface area contributed by atoms with Gasteiger partial charge in [0.2, 0.25) is 0 Å². The molecule has 3 rings (SSSR count). The van der Waals surface area contributed by atoms with Crippen molar-refractivity contribution in [2.24, 2.45) is 5.92 Å². The second kappa shape index (κ2) is 8.86. The van der Waals surface area contributed by atoms with E-state index in [4.69, 9.17) is 9.47 Å². The second-order valence-electron chi connectivity index (χ2n) is 6.80. The zero-order valence-corrected chi connectivity index (χ0v) is 15.8. The predicted octanol–water partition coefficient (Wildman–Crippen LogP) is 3.18. The third-order valence-corrected chi connectivity index (χ3v) is 5.16. The topological polar surface area (TPSA) is 71.9 Å². The predicted molar refractivity (Wildman–Crippen MR) is 102 cm³/mol. The van der Waals surface area contributed by atoms with Gasteiger partial charge >= 0.3 is 5.97 Å². The van der Waals surface area contributed by atoms with Gasteiger partial charge in [0.1, 0.15) is 0 Å². The number of ether oxygens (including phenoxy) is 2. The van der Waals surface area contributed by atoms with Gasteiger partial charge in [-0.2, -0.15) is 0 Å². The van der Waals surface area contributed by atoms with Crippen LogP contribution in [0.25, 0.3) is 0 Å². The van der Waals surface area contributed by atoms with Crippen LogP contribution in [0.15, 0.2) is 42.6 Å². The number of carboxylic acid groups (broad SMARTS) is 1. The molecular weight excluding hydrogens is 344 g/mol. The van der Waals surface area contributed by atoms with Gasteiger partial charge in [-0.15, -0.1) is 0 Å². The standard InChI is InChI=1S/C21H26N2O4/c1-26-19-10-5-9-17(20(19)27-2)18(13-16-8-3-4-11-22-16)23-12-6-7-15(14-23)21(24)25/h3-5,8-11,15,18H,6-7,12-14H2,1-2H3,(H,24,25). The highest BCUT2D eigenvalue weighted by molar-refractivity contribution is 5.70. The molecule has 0 aliphatic carbocycles. The minimum atomic E-state index is -0.728. The van der Waals surface area contributed by atoms with Crippen LogP contribution < -0.4 is 9.47 Å². The fourth-order valence-electron chi connectivity index (χ4n) is 3.82. The van der Waals surface area contributed by atoms with Crippen LogP contribution >= 0.6 is 0 Å². The van der Waals surface area contributed by atoms with Crippen LogP contribution in [0.5, 0.6) is 11.5 Å². The summed E-state index contributed by atoms with van der Waals surface area (Å²) in [6, 6.07) is 11.7. The average molecular weight is 370 g/mol. The number of piperidine rings is 1. The van der Waals surface area contributed by atoms with Crippen molar-refractivity contribution in [2.75, 3.05) is 27.3 Å². The molecule has 2 atom stereocenters. The van der Waals surface area contributed by atoms with Crippen molar-refractivity contribution >= 4 is 5.97 Å². The molecule has 0 bridgehead atoms. The Morgan fingerprint density at radius 2 is 2.11 bits per heavy atom. The number of likely N-dealkylation sites (tertiary alicyclic amines) is 1. The van der Waals surface area contributed by atoms with Crippen LogP contribution in [-0.2, 0) is 11.2 Å². The summed E-state index contributed by atoms with van der Waals surface area (Å²) in [6.45, 7) is 1.37. The van der Waals surface area contributed by atoms with E-state index < -0.39 is 5.97 Å². The lowest BCUT2D eigenvalue weighted by molar-refractivity contribution is -0.144. The van der Waals surface area contributed by atoms with Crippen LogP contribution in [0.1, 0.15) is 30.1 Å². The summed E-state index contributed by atoms with van der Waals surface area (Å²) in [4.78, 5) is 18.3. The Balaban J connectivity index is 1.99. The van der Waals surface area contributed by atoms with E-state index in [2.05, 4.69) is 9.88 Å². The van der Waals surface area contributed by atoms with E-state index >= 15 is 0 Å². The fraction of sp³-hybridized carbons (Fsp3) is 0.429. The first kappa shape index (κ1) is 19.2. The number of pyridine rings is 1. The highest BCUT2D eigenvalue weighted by Gasteiger charge is 2.32. The van der Waals surface area contributed by atoms with Crippen LogP contribution in [0.3, 0.4) is 0 Å². The van der Waals surface area contributed by atoms with E-state index in [1.165, 1.54) is 0 Å². The Morgan fingerprint density at radius 3 is 2.78 bits per heavy atom. The zero-order valence-electron chi connectivity index (χ0n) is 15.8. The molecule has 6 heteroatoms. The monoisotopic (exact) mass is 370 g/mol. The van der Waals surface area contributed by atoms with E-state index in [1.807, 2.05) is 36.4 Å². The molecular formula is C21H26N2O4. The summed E-state index contributed by atoms with van der Waals surface area (Å²) in [6.07, 6.45) is 4.04. The Hall–Kier alpha value is -2.60. The van der Waals surface area contributed by atoms with Crippen molar-refractivity contribution in [2.45, 2.75) is 25.3 Å². The minimum absolute atomic E-state index is 0.0351. The summed E-state index contributed by atoms with van der Waals surface area (Å²) in [5.41, 5.74) is 1.96. The molecule has 2 unspecified atom stereocenters. The molecule has 0 radical (unpaired) electrons. The van der Waals surface area contributed by atoms with Gasteiger partial charge in [-0.05, 0) is 37.6 Å². The Labute approximate surface area is 159 Å². The van der Waals surface area contributed by atoms with Gasteiger partial charge < -0.3 is 14.6 Å². The Kier molecular flexibility index (Phi) is 6.29. The van der Waals surface area contributed by atoms with Crippen LogP contribution in [0.2, 0.25) is 0 Å². The molecule has 2 aromatic rings. The number of aliphatic carboxylic acids is 1. The smallest absolute Gasteiger partial charge is 0.307 e. The van der Waals surface area contributed by atoms with Gasteiger partial charge in [-0.3, -0.25) is 14.7 Å². The van der Waals surface area contributed by atoms with Gasteiger partial charge in [-0.25, -0.2) is 0 Å². The number of methoxy groups -OCH3 is 2. The maximum atomic E-state index is 11.6. The number of carbonyl (C=O) groups is 1. The van der Waals surface area contributed by atoms with Crippen LogP contribution in [-0.4, -0.2) is 48.3 Å². The molecule has 1 aliphatic heterocycles. The molecule has 1 fully saturated rings. The molecule has 2 heterocycles. The second-order valence-corrected chi connectivity index (χ2v) is 6.80. The molecule has 1 N–H and O–H groups in total. The number of hydrogen-bond donors (Lipinski definition) is 1. The number of hydrogen-bond acceptors (Lipinski definition) is 5. The van der Waals surface area contributed by atoms with E-state index in [0.717, 1.165) is 30.6 Å². The number of para-hydroxylation sites is 1. The number of rotatable bonds is 7. The summed E-state index contributed by atoms with van der Waals surface area (Å²) in [5, 5.41) is 9.50. The third kappa shape index (κ3) is 4.39. The molecule has 1 aliphatic rings. The lowest BCUT2D eigenvalue weighted by atomic mass is 9.92. The molecule has 144 valence electrons. The van der Waals surface area contributed by atoms with Crippen molar-refractivity contribution in [3.05, 3.63) is 53.9 Å². The summed E-state index contributed by atoms with van der Waals surface area (Å²) in [5.74, 6) is 0.293. The maximum absolute atomic E-state index is 11.6. The van der Waals surface area contributed by atoms with E-state index in [0.29, 0.717) is 24.5 Å². The summed E-state index contributed by atoms with van der Waals surface area (Å²) < 4.78 is 11.1. The zero-order chi connectivity index (χ0) is 19.2. The van der Waals surface area contributed by atoms with Crippen molar-refractivity contribution in [3.63, 3.8) is 0 Å². The average Bonchev–Trinajstić information content (AvgIpc) is 2.72. The van der Waals surface area contributed by atoms with Gasteiger partial charge in [0, 0.05) is 36.5 Å². The molecule has 1 aromatic carbocycles. The van der Waals surface area contributed by atoms with Crippen LogP contribution in [0.4, 0.5) is 0 Å². The number of aromatic nitrogens is 1. The summed E-state index contributed by atoms with van der Waals surface area (Å²) >= 11 is 0. The van der Waals surface area contributed by atoms with Crippen LogP contribution in [0, 0.1) is 5.92 Å². The fourth-order valence-corrected chi connectivity index (χ4v) is 3.82. The van der Waals surface area contributed by atoms with Crippen molar-refractivity contribution in [1.82, 2.24) is 9.88 Å². The number of benzene rings is 1. The minimum Gasteiger partial charge on any atom is -0.493 e. The normalized spacial score (nSPS) is 18.7. The molecule has 0 amide bonds. The quantitative estimate of drug-likeness (QED) is 0.807. The highest BCUT2D eigenvalue weighted by Crippen LogP contribution is 2.39. The van der Waals surface area contributed by atoms with E-state index in [-0.39, 0.29) is 12.0 Å². The molecule has 1 aromatic heterocycles. The molecule has 0 saturated carbocycles. The molecule has 6 nitrogen and oxygen atoms in total. The SMILES string of the molecule is COc1cccc(C(Cc2ccccn2)N2CCCC(C(=O)O)C2)c1OC. The Bertz CT molecular complexity index is 766. The lowest BCUT2D eigenvalue weighted by Gasteiger charge is -2.37. The van der Waals surface area contributed by atoms with Crippen molar-refractivity contribution in [3.8, 4) is 11.5 Å². The molecule has 1 saturated heterocycles. The van der Waals surface area contributed by atoms with Gasteiger partial charge in [0.05, 0.1) is 20.1 Å². The molecule has 27 heavy (non-hydrogen) atoms. The van der Waals surface area contributed by atoms with E-state index in [9.17, 15) is 9.90 Å². The third-order valence-electron chi connectivity index (χ3n) is 5.16.